The van der Waals surface area contributed by atoms with Gasteiger partial charge in [-0.15, -0.1) is 0 Å². The average Bonchev–Trinajstić information content (AvgIpc) is 2.76. The summed E-state index contributed by atoms with van der Waals surface area (Å²) in [7, 11) is -3.64. The Kier molecular flexibility index (Phi) is 3.67. The summed E-state index contributed by atoms with van der Waals surface area (Å²) in [4.78, 5) is 0.153. The van der Waals surface area contributed by atoms with Crippen LogP contribution in [0, 0.1) is 0 Å². The molecule has 1 fully saturated rings. The first kappa shape index (κ1) is 13.4. The maximum atomic E-state index is 12.4. The summed E-state index contributed by atoms with van der Waals surface area (Å²) < 4.78 is 26.1. The monoisotopic (exact) mass is 286 g/mol. The first-order chi connectivity index (χ1) is 8.43. The van der Waals surface area contributed by atoms with Crippen molar-refractivity contribution in [3.05, 3.63) is 29.8 Å². The molecule has 0 radical (unpaired) electrons. The normalized spacial score (nSPS) is 21.1. The summed E-state index contributed by atoms with van der Waals surface area (Å²) >= 11 is 4.86. The summed E-state index contributed by atoms with van der Waals surface area (Å²) in [5.41, 5.74) is 5.88. The predicted molar refractivity (Wildman–Crippen MR) is 71.7 cm³/mol. The van der Waals surface area contributed by atoms with E-state index in [1.54, 1.807) is 18.2 Å². The van der Waals surface area contributed by atoms with Crippen molar-refractivity contribution in [2.75, 3.05) is 13.1 Å². The van der Waals surface area contributed by atoms with Crippen molar-refractivity contribution in [1.29, 1.82) is 0 Å². The van der Waals surface area contributed by atoms with E-state index in [2.05, 4.69) is 0 Å². The minimum atomic E-state index is -3.64. The SMILES string of the molecule is NC(=S)c1ccccc1S(=O)(=O)N1CCC(O)C1. The fourth-order valence-electron chi connectivity index (χ4n) is 1.96. The first-order valence-corrected chi connectivity index (χ1v) is 7.35. The van der Waals surface area contributed by atoms with E-state index in [9.17, 15) is 13.5 Å². The summed E-state index contributed by atoms with van der Waals surface area (Å²) in [5.74, 6) is 0. The average molecular weight is 286 g/mol. The van der Waals surface area contributed by atoms with Crippen LogP contribution in [0.25, 0.3) is 0 Å². The van der Waals surface area contributed by atoms with Gasteiger partial charge >= 0.3 is 0 Å². The molecule has 1 unspecified atom stereocenters. The van der Waals surface area contributed by atoms with E-state index >= 15 is 0 Å². The van der Waals surface area contributed by atoms with Crippen LogP contribution in [0.1, 0.15) is 12.0 Å². The number of benzene rings is 1. The van der Waals surface area contributed by atoms with Gasteiger partial charge in [-0.3, -0.25) is 0 Å². The van der Waals surface area contributed by atoms with E-state index < -0.39 is 16.1 Å². The highest BCUT2D eigenvalue weighted by molar-refractivity contribution is 7.89. The molecule has 0 amide bonds. The molecule has 0 spiro atoms. The zero-order valence-corrected chi connectivity index (χ0v) is 11.2. The standard InChI is InChI=1S/C11H14N2O3S2/c12-11(17)9-3-1-2-4-10(9)18(15,16)13-6-5-8(14)7-13/h1-4,8,14H,5-7H2,(H2,12,17). The van der Waals surface area contributed by atoms with Crippen LogP contribution in [-0.2, 0) is 10.0 Å². The predicted octanol–water partition coefficient (Wildman–Crippen LogP) is 0.0761. The second kappa shape index (κ2) is 4.93. The largest absolute Gasteiger partial charge is 0.392 e. The van der Waals surface area contributed by atoms with Gasteiger partial charge in [-0.2, -0.15) is 4.31 Å². The van der Waals surface area contributed by atoms with Gasteiger partial charge < -0.3 is 10.8 Å². The van der Waals surface area contributed by atoms with Crippen molar-refractivity contribution in [3.8, 4) is 0 Å². The maximum absolute atomic E-state index is 12.4. The molecule has 3 N–H and O–H groups in total. The Bertz CT molecular complexity index is 571. The van der Waals surface area contributed by atoms with E-state index in [1.165, 1.54) is 10.4 Å². The molecule has 5 nitrogen and oxygen atoms in total. The van der Waals surface area contributed by atoms with Crippen LogP contribution in [0.3, 0.4) is 0 Å². The lowest BCUT2D eigenvalue weighted by atomic mass is 10.2. The number of rotatable bonds is 3. The fraction of sp³-hybridized carbons (Fsp3) is 0.364. The number of thiocarbonyl (C=S) groups is 1. The fourth-order valence-corrected chi connectivity index (χ4v) is 3.90. The van der Waals surface area contributed by atoms with E-state index in [-0.39, 0.29) is 16.4 Å². The van der Waals surface area contributed by atoms with Crippen LogP contribution in [0.5, 0.6) is 0 Å². The van der Waals surface area contributed by atoms with Crippen LogP contribution in [0.4, 0.5) is 0 Å². The Morgan fingerprint density at radius 2 is 2.11 bits per heavy atom. The Hall–Kier alpha value is -1.02. The molecule has 1 atom stereocenters. The molecule has 1 saturated heterocycles. The lowest BCUT2D eigenvalue weighted by Crippen LogP contribution is -2.31. The van der Waals surface area contributed by atoms with Gasteiger partial charge in [0.2, 0.25) is 10.0 Å². The molecule has 98 valence electrons. The third-order valence-corrected chi connectivity index (χ3v) is 5.04. The van der Waals surface area contributed by atoms with E-state index in [4.69, 9.17) is 18.0 Å². The van der Waals surface area contributed by atoms with Crippen LogP contribution >= 0.6 is 12.2 Å². The molecule has 18 heavy (non-hydrogen) atoms. The highest BCUT2D eigenvalue weighted by Gasteiger charge is 2.33. The van der Waals surface area contributed by atoms with Crippen molar-refractivity contribution in [2.45, 2.75) is 17.4 Å². The first-order valence-electron chi connectivity index (χ1n) is 5.50. The molecule has 0 bridgehead atoms. The lowest BCUT2D eigenvalue weighted by Gasteiger charge is -2.17. The molecule has 0 aromatic heterocycles. The third-order valence-electron chi connectivity index (χ3n) is 2.90. The molecular weight excluding hydrogens is 272 g/mol. The van der Waals surface area contributed by atoms with Crippen LogP contribution < -0.4 is 5.73 Å². The van der Waals surface area contributed by atoms with Crippen molar-refractivity contribution in [3.63, 3.8) is 0 Å². The third kappa shape index (κ3) is 2.39. The van der Waals surface area contributed by atoms with Gasteiger partial charge in [-0.05, 0) is 12.5 Å². The number of aliphatic hydroxyl groups is 1. The maximum Gasteiger partial charge on any atom is 0.243 e. The zero-order valence-electron chi connectivity index (χ0n) is 9.61. The van der Waals surface area contributed by atoms with E-state index in [0.29, 0.717) is 18.5 Å². The molecule has 1 aliphatic heterocycles. The van der Waals surface area contributed by atoms with Gasteiger partial charge in [0.15, 0.2) is 0 Å². The zero-order chi connectivity index (χ0) is 13.3. The van der Waals surface area contributed by atoms with Crippen molar-refractivity contribution in [2.24, 2.45) is 5.73 Å². The van der Waals surface area contributed by atoms with Gasteiger partial charge in [-0.1, -0.05) is 30.4 Å². The number of aliphatic hydroxyl groups excluding tert-OH is 1. The van der Waals surface area contributed by atoms with Crippen LogP contribution in [0.15, 0.2) is 29.2 Å². The minimum absolute atomic E-state index is 0.0499. The van der Waals surface area contributed by atoms with E-state index in [1.807, 2.05) is 0 Å². The highest BCUT2D eigenvalue weighted by atomic mass is 32.2. The summed E-state index contributed by atoms with van der Waals surface area (Å²) in [6.07, 6.45) is -0.147. The number of β-amino-alcohol motifs (C(OH)–C–C–N with tert-alkyl or cyclic N) is 1. The summed E-state index contributed by atoms with van der Waals surface area (Å²) in [6, 6.07) is 6.38. The number of nitrogens with two attached hydrogens (primary N) is 1. The number of nitrogens with zero attached hydrogens (tertiary/aromatic N) is 1. The summed E-state index contributed by atoms with van der Waals surface area (Å²) in [6.45, 7) is 0.434. The van der Waals surface area contributed by atoms with Crippen LogP contribution in [-0.4, -0.2) is 42.0 Å². The lowest BCUT2D eigenvalue weighted by molar-refractivity contribution is 0.189. The molecule has 1 aromatic rings. The van der Waals surface area contributed by atoms with Crippen molar-refractivity contribution >= 4 is 27.2 Å². The Balaban J connectivity index is 2.45. The van der Waals surface area contributed by atoms with Gasteiger partial charge in [-0.25, -0.2) is 8.42 Å². The molecule has 2 rings (SSSR count). The molecule has 0 saturated carbocycles. The smallest absolute Gasteiger partial charge is 0.243 e. The molecule has 1 aromatic carbocycles. The van der Waals surface area contributed by atoms with Gasteiger partial charge in [0.05, 0.1) is 11.0 Å². The highest BCUT2D eigenvalue weighted by Crippen LogP contribution is 2.23. The van der Waals surface area contributed by atoms with Gasteiger partial charge in [0.1, 0.15) is 4.99 Å². The quantitative estimate of drug-likeness (QED) is 0.769. The molecule has 0 aliphatic carbocycles. The number of hydrogen-bond donors (Lipinski definition) is 2. The van der Waals surface area contributed by atoms with Crippen LogP contribution in [0.2, 0.25) is 0 Å². The van der Waals surface area contributed by atoms with Gasteiger partial charge in [0, 0.05) is 18.7 Å². The molecule has 1 aliphatic rings. The van der Waals surface area contributed by atoms with E-state index in [0.717, 1.165) is 0 Å². The number of hydrogen-bond acceptors (Lipinski definition) is 4. The minimum Gasteiger partial charge on any atom is -0.392 e. The Morgan fingerprint density at radius 1 is 1.44 bits per heavy atom. The second-order valence-electron chi connectivity index (χ2n) is 4.17. The van der Waals surface area contributed by atoms with Gasteiger partial charge in [0.25, 0.3) is 0 Å². The van der Waals surface area contributed by atoms with Crippen molar-refractivity contribution < 1.29 is 13.5 Å². The Labute approximate surface area is 111 Å². The Morgan fingerprint density at radius 3 is 2.67 bits per heavy atom. The second-order valence-corrected chi connectivity index (χ2v) is 6.51. The summed E-state index contributed by atoms with van der Waals surface area (Å²) in [5, 5.41) is 9.43. The number of sulfonamides is 1. The molecule has 7 heteroatoms. The van der Waals surface area contributed by atoms with Crippen molar-refractivity contribution in [1.82, 2.24) is 4.31 Å². The molecule has 1 heterocycles. The topological polar surface area (TPSA) is 83.6 Å². The molecular formula is C11H14N2O3S2.